The molecule has 2 aliphatic carbocycles. The first kappa shape index (κ1) is 12.5. The van der Waals surface area contributed by atoms with E-state index in [0.717, 1.165) is 5.00 Å². The van der Waals surface area contributed by atoms with Gasteiger partial charge in [0.05, 0.1) is 5.00 Å². The Bertz CT molecular complexity index is 654. The first-order valence-corrected chi connectivity index (χ1v) is 8.67. The zero-order valence-corrected chi connectivity index (χ0v) is 12.7. The number of aryl methyl sites for hydroxylation is 3. The van der Waals surface area contributed by atoms with Gasteiger partial charge in [0.2, 0.25) is 0 Å². The molecule has 1 aromatic heterocycles. The Morgan fingerprint density at radius 3 is 2.50 bits per heavy atom. The van der Waals surface area contributed by atoms with Gasteiger partial charge in [-0.15, -0.1) is 11.3 Å². The van der Waals surface area contributed by atoms with E-state index in [1.54, 1.807) is 21.6 Å². The molecule has 20 heavy (non-hydrogen) atoms. The maximum absolute atomic E-state index is 6.35. The molecule has 1 nitrogen and oxygen atoms in total. The second-order valence-corrected chi connectivity index (χ2v) is 7.28. The molecular formula is C18H21NS. The largest absolute Gasteiger partial charge is 0.390 e. The molecule has 2 aliphatic rings. The maximum Gasteiger partial charge on any atom is 0.0941 e. The molecule has 4 rings (SSSR count). The summed E-state index contributed by atoms with van der Waals surface area (Å²) in [7, 11) is 0. The van der Waals surface area contributed by atoms with Crippen molar-refractivity contribution in [3.63, 3.8) is 0 Å². The fourth-order valence-electron chi connectivity index (χ4n) is 3.79. The van der Waals surface area contributed by atoms with Crippen molar-refractivity contribution in [2.24, 2.45) is 0 Å². The number of hydrogen-bond donors (Lipinski definition) is 1. The van der Waals surface area contributed by atoms with E-state index >= 15 is 0 Å². The average Bonchev–Trinajstić information content (AvgIpc) is 2.82. The van der Waals surface area contributed by atoms with E-state index in [0.29, 0.717) is 0 Å². The monoisotopic (exact) mass is 283 g/mol. The van der Waals surface area contributed by atoms with Gasteiger partial charge in [0.15, 0.2) is 0 Å². The fourth-order valence-corrected chi connectivity index (χ4v) is 4.97. The lowest BCUT2D eigenvalue weighted by Gasteiger charge is -2.18. The number of thiophene rings is 1. The number of fused-ring (bicyclic) bond motifs is 2. The molecule has 0 aliphatic heterocycles. The van der Waals surface area contributed by atoms with Crippen LogP contribution in [0.2, 0.25) is 0 Å². The highest BCUT2D eigenvalue weighted by molar-refractivity contribution is 7.16. The number of benzene rings is 1. The van der Waals surface area contributed by atoms with Crippen molar-refractivity contribution in [1.29, 1.82) is 0 Å². The van der Waals surface area contributed by atoms with Crippen molar-refractivity contribution in [2.75, 3.05) is 5.73 Å². The van der Waals surface area contributed by atoms with Crippen LogP contribution < -0.4 is 5.73 Å². The van der Waals surface area contributed by atoms with Crippen LogP contribution in [0.25, 0.3) is 11.1 Å². The molecule has 0 fully saturated rings. The van der Waals surface area contributed by atoms with Gasteiger partial charge in [-0.25, -0.2) is 0 Å². The molecule has 0 atom stereocenters. The second kappa shape index (κ2) is 4.92. The molecule has 1 aromatic carbocycles. The van der Waals surface area contributed by atoms with Crippen LogP contribution in [0.15, 0.2) is 18.2 Å². The smallest absolute Gasteiger partial charge is 0.0941 e. The summed E-state index contributed by atoms with van der Waals surface area (Å²) in [6.07, 6.45) is 10.3. The fraction of sp³-hybridized carbons (Fsp3) is 0.444. The number of nitrogens with two attached hydrogens (primary N) is 1. The third-order valence-corrected chi connectivity index (χ3v) is 5.96. The molecule has 0 bridgehead atoms. The van der Waals surface area contributed by atoms with Gasteiger partial charge in [0, 0.05) is 10.4 Å². The Labute approximate surface area is 124 Å². The summed E-state index contributed by atoms with van der Waals surface area (Å²) >= 11 is 1.83. The van der Waals surface area contributed by atoms with Crippen molar-refractivity contribution in [2.45, 2.75) is 51.4 Å². The van der Waals surface area contributed by atoms with Gasteiger partial charge in [-0.05, 0) is 73.6 Å². The predicted octanol–water partition coefficient (Wildman–Crippen LogP) is 4.75. The van der Waals surface area contributed by atoms with Crippen LogP contribution in [-0.2, 0) is 25.7 Å². The van der Waals surface area contributed by atoms with Gasteiger partial charge in [0.25, 0.3) is 0 Å². The number of nitrogen functional groups attached to an aromatic ring is 1. The van der Waals surface area contributed by atoms with E-state index in [4.69, 9.17) is 5.73 Å². The van der Waals surface area contributed by atoms with E-state index in [-0.39, 0.29) is 0 Å². The highest BCUT2D eigenvalue weighted by Gasteiger charge is 2.21. The van der Waals surface area contributed by atoms with E-state index < -0.39 is 0 Å². The van der Waals surface area contributed by atoms with Gasteiger partial charge < -0.3 is 5.73 Å². The van der Waals surface area contributed by atoms with E-state index in [1.165, 1.54) is 62.5 Å². The van der Waals surface area contributed by atoms with Crippen LogP contribution in [0, 0.1) is 0 Å². The standard InChI is InChI=1S/C18H21NS/c19-18-17(15-7-3-4-8-16(15)20-18)14-10-9-12-5-1-2-6-13(12)11-14/h9-11H,1-8,19H2. The second-order valence-electron chi connectivity index (χ2n) is 6.14. The summed E-state index contributed by atoms with van der Waals surface area (Å²) < 4.78 is 0. The first-order valence-electron chi connectivity index (χ1n) is 7.85. The molecule has 0 spiro atoms. The van der Waals surface area contributed by atoms with Crippen LogP contribution in [0.4, 0.5) is 5.00 Å². The Morgan fingerprint density at radius 2 is 1.60 bits per heavy atom. The Hall–Kier alpha value is -1.28. The minimum atomic E-state index is 1.03. The summed E-state index contributed by atoms with van der Waals surface area (Å²) in [5, 5.41) is 1.03. The van der Waals surface area contributed by atoms with E-state index in [1.807, 2.05) is 11.3 Å². The molecule has 0 saturated heterocycles. The highest BCUT2D eigenvalue weighted by atomic mass is 32.1. The SMILES string of the molecule is Nc1sc2c(c1-c1ccc3c(c1)CCCC3)CCCC2. The van der Waals surface area contributed by atoms with Crippen molar-refractivity contribution < 1.29 is 0 Å². The van der Waals surface area contributed by atoms with Crippen molar-refractivity contribution in [3.8, 4) is 11.1 Å². The molecule has 2 N–H and O–H groups in total. The number of hydrogen-bond acceptors (Lipinski definition) is 2. The first-order chi connectivity index (χ1) is 9.83. The van der Waals surface area contributed by atoms with Crippen molar-refractivity contribution >= 4 is 16.3 Å². The predicted molar refractivity (Wildman–Crippen MR) is 87.5 cm³/mol. The lowest BCUT2D eigenvalue weighted by molar-refractivity contribution is 0.685. The molecule has 2 aromatic rings. The van der Waals surface area contributed by atoms with Gasteiger partial charge in [-0.1, -0.05) is 18.2 Å². The Kier molecular flexibility index (Phi) is 3.07. The van der Waals surface area contributed by atoms with Gasteiger partial charge >= 0.3 is 0 Å². The van der Waals surface area contributed by atoms with Crippen LogP contribution >= 0.6 is 11.3 Å². The summed E-state index contributed by atoms with van der Waals surface area (Å²) in [5.41, 5.74) is 13.7. The topological polar surface area (TPSA) is 26.0 Å². The zero-order valence-electron chi connectivity index (χ0n) is 11.9. The molecule has 0 saturated carbocycles. The van der Waals surface area contributed by atoms with Gasteiger partial charge in [-0.3, -0.25) is 0 Å². The molecular weight excluding hydrogens is 262 g/mol. The minimum absolute atomic E-state index is 1.03. The summed E-state index contributed by atoms with van der Waals surface area (Å²) in [5.74, 6) is 0. The summed E-state index contributed by atoms with van der Waals surface area (Å²) in [4.78, 5) is 1.54. The molecule has 2 heteroatoms. The lowest BCUT2D eigenvalue weighted by atomic mass is 9.87. The maximum atomic E-state index is 6.35. The number of anilines is 1. The van der Waals surface area contributed by atoms with E-state index in [2.05, 4.69) is 18.2 Å². The van der Waals surface area contributed by atoms with E-state index in [9.17, 15) is 0 Å². The molecule has 0 amide bonds. The molecule has 0 radical (unpaired) electrons. The molecule has 0 unspecified atom stereocenters. The Morgan fingerprint density at radius 1 is 0.850 bits per heavy atom. The zero-order chi connectivity index (χ0) is 13.5. The van der Waals surface area contributed by atoms with Crippen molar-refractivity contribution in [3.05, 3.63) is 39.8 Å². The Balaban J connectivity index is 1.83. The third-order valence-electron chi connectivity index (χ3n) is 4.84. The lowest BCUT2D eigenvalue weighted by Crippen LogP contribution is -2.03. The minimum Gasteiger partial charge on any atom is -0.390 e. The quantitative estimate of drug-likeness (QED) is 0.802. The van der Waals surface area contributed by atoms with Crippen LogP contribution in [0.1, 0.15) is 47.3 Å². The molecule has 104 valence electrons. The third kappa shape index (κ3) is 1.98. The van der Waals surface area contributed by atoms with Gasteiger partial charge in [-0.2, -0.15) is 0 Å². The normalized spacial score (nSPS) is 17.6. The molecule has 1 heterocycles. The summed E-state index contributed by atoms with van der Waals surface area (Å²) in [6.45, 7) is 0. The number of rotatable bonds is 1. The van der Waals surface area contributed by atoms with Crippen LogP contribution in [0.5, 0.6) is 0 Å². The van der Waals surface area contributed by atoms with Gasteiger partial charge in [0.1, 0.15) is 0 Å². The van der Waals surface area contributed by atoms with Crippen LogP contribution in [0.3, 0.4) is 0 Å². The van der Waals surface area contributed by atoms with Crippen molar-refractivity contribution in [1.82, 2.24) is 0 Å². The van der Waals surface area contributed by atoms with Crippen LogP contribution in [-0.4, -0.2) is 0 Å². The average molecular weight is 283 g/mol. The summed E-state index contributed by atoms with van der Waals surface area (Å²) in [6, 6.07) is 7.06. The highest BCUT2D eigenvalue weighted by Crippen LogP contribution is 2.43.